The molecule has 29 heavy (non-hydrogen) atoms. The summed E-state index contributed by atoms with van der Waals surface area (Å²) in [5.41, 5.74) is 2.88. The molecule has 0 aliphatic carbocycles. The van der Waals surface area contributed by atoms with Crippen LogP contribution in [0.3, 0.4) is 0 Å². The van der Waals surface area contributed by atoms with Crippen LogP contribution in [0.4, 0.5) is 0 Å². The normalized spacial score (nSPS) is 19.4. The van der Waals surface area contributed by atoms with Gasteiger partial charge in [0.15, 0.2) is 5.60 Å². The molecule has 1 atom stereocenters. The van der Waals surface area contributed by atoms with Gasteiger partial charge in [0, 0.05) is 16.5 Å². The first kappa shape index (κ1) is 17.8. The molecular formula is C23H20N2O4. The number of aliphatic hydroxyl groups is 1. The van der Waals surface area contributed by atoms with Gasteiger partial charge in [0.25, 0.3) is 5.56 Å². The predicted octanol–water partition coefficient (Wildman–Crippen LogP) is 2.81. The van der Waals surface area contributed by atoms with Gasteiger partial charge in [0.1, 0.15) is 6.61 Å². The minimum Gasteiger partial charge on any atom is -0.458 e. The Morgan fingerprint density at radius 2 is 2.17 bits per heavy atom. The molecule has 146 valence electrons. The maximum Gasteiger partial charge on any atom is 0.343 e. The molecule has 0 spiro atoms. The first-order chi connectivity index (χ1) is 14.0. The Morgan fingerprint density at radius 1 is 1.34 bits per heavy atom. The highest BCUT2D eigenvalue weighted by Crippen LogP contribution is 2.38. The Labute approximate surface area is 167 Å². The number of rotatable bonds is 3. The quantitative estimate of drug-likeness (QED) is 0.431. The molecule has 6 nitrogen and oxygen atoms in total. The molecule has 0 saturated heterocycles. The van der Waals surface area contributed by atoms with Crippen molar-refractivity contribution in [2.24, 2.45) is 0 Å². The maximum absolute atomic E-state index is 13.2. The van der Waals surface area contributed by atoms with E-state index in [-0.39, 0.29) is 18.6 Å². The predicted molar refractivity (Wildman–Crippen MR) is 108 cm³/mol. The van der Waals surface area contributed by atoms with Crippen molar-refractivity contribution in [1.82, 2.24) is 9.55 Å². The minimum absolute atomic E-state index is 0.120. The van der Waals surface area contributed by atoms with Gasteiger partial charge in [0.05, 0.1) is 29.0 Å². The molecule has 1 N–H and O–H groups in total. The van der Waals surface area contributed by atoms with Crippen LogP contribution < -0.4 is 5.56 Å². The van der Waals surface area contributed by atoms with E-state index in [2.05, 4.69) is 18.7 Å². The van der Waals surface area contributed by atoms with Crippen molar-refractivity contribution < 1.29 is 14.6 Å². The summed E-state index contributed by atoms with van der Waals surface area (Å²) in [5, 5.41) is 12.0. The number of aromatic nitrogens is 2. The Balaban J connectivity index is 1.77. The van der Waals surface area contributed by atoms with Crippen molar-refractivity contribution in [1.29, 1.82) is 0 Å². The lowest BCUT2D eigenvalue weighted by atomic mass is 9.86. The van der Waals surface area contributed by atoms with Crippen molar-refractivity contribution in [3.63, 3.8) is 0 Å². The highest BCUT2D eigenvalue weighted by molar-refractivity contribution is 5.88. The van der Waals surface area contributed by atoms with Gasteiger partial charge in [-0.1, -0.05) is 25.1 Å². The summed E-state index contributed by atoms with van der Waals surface area (Å²) in [6, 6.07) is 9.77. The van der Waals surface area contributed by atoms with Gasteiger partial charge in [-0.15, -0.1) is 6.58 Å². The summed E-state index contributed by atoms with van der Waals surface area (Å²) in [7, 11) is 0. The first-order valence-corrected chi connectivity index (χ1v) is 9.67. The lowest BCUT2D eigenvalue weighted by Gasteiger charge is -2.31. The van der Waals surface area contributed by atoms with Crippen LogP contribution in [0, 0.1) is 0 Å². The van der Waals surface area contributed by atoms with Crippen LogP contribution in [-0.4, -0.2) is 20.6 Å². The van der Waals surface area contributed by atoms with Crippen LogP contribution in [0.2, 0.25) is 0 Å². The van der Waals surface area contributed by atoms with E-state index in [1.807, 2.05) is 18.2 Å². The van der Waals surface area contributed by atoms with E-state index in [1.54, 1.807) is 17.6 Å². The SMILES string of the molecule is C=CCc1cccc2nc3c(cc12)Cn1c-3cc2c(c1=O)COC(=O)C2(O)CC. The topological polar surface area (TPSA) is 81.4 Å². The number of esters is 1. The number of benzene rings is 1. The van der Waals surface area contributed by atoms with E-state index < -0.39 is 11.6 Å². The fraction of sp³-hybridized carbons (Fsp3) is 0.261. The fourth-order valence-electron chi connectivity index (χ4n) is 4.40. The Kier molecular flexibility index (Phi) is 3.76. The number of pyridine rings is 2. The molecule has 0 fully saturated rings. The zero-order chi connectivity index (χ0) is 20.3. The van der Waals surface area contributed by atoms with Gasteiger partial charge < -0.3 is 14.4 Å². The molecule has 4 heterocycles. The summed E-state index contributed by atoms with van der Waals surface area (Å²) in [6.07, 6.45) is 2.73. The maximum atomic E-state index is 13.2. The molecule has 2 aromatic heterocycles. The molecular weight excluding hydrogens is 368 g/mol. The van der Waals surface area contributed by atoms with Gasteiger partial charge in [-0.05, 0) is 36.6 Å². The number of carbonyl (C=O) groups excluding carboxylic acids is 1. The fourth-order valence-corrected chi connectivity index (χ4v) is 4.40. The molecule has 0 amide bonds. The first-order valence-electron chi connectivity index (χ1n) is 9.67. The Morgan fingerprint density at radius 3 is 2.93 bits per heavy atom. The summed E-state index contributed by atoms with van der Waals surface area (Å²) < 4.78 is 6.76. The van der Waals surface area contributed by atoms with E-state index in [0.717, 1.165) is 28.5 Å². The van der Waals surface area contributed by atoms with Crippen LogP contribution in [0.1, 0.15) is 35.6 Å². The molecule has 0 bridgehead atoms. The smallest absolute Gasteiger partial charge is 0.343 e. The highest BCUT2D eigenvalue weighted by Gasteiger charge is 2.45. The van der Waals surface area contributed by atoms with Gasteiger partial charge >= 0.3 is 5.97 Å². The number of hydrogen-bond acceptors (Lipinski definition) is 5. The number of fused-ring (bicyclic) bond motifs is 5. The molecule has 1 aromatic carbocycles. The Hall–Kier alpha value is -3.25. The lowest BCUT2D eigenvalue weighted by molar-refractivity contribution is -0.172. The molecule has 2 aliphatic rings. The molecule has 0 saturated carbocycles. The van der Waals surface area contributed by atoms with Crippen molar-refractivity contribution in [2.45, 2.75) is 38.5 Å². The van der Waals surface area contributed by atoms with Crippen molar-refractivity contribution in [3.05, 3.63) is 75.6 Å². The summed E-state index contributed by atoms with van der Waals surface area (Å²) in [6.45, 7) is 5.80. The second kappa shape index (κ2) is 6.12. The van der Waals surface area contributed by atoms with Crippen LogP contribution >= 0.6 is 0 Å². The average molecular weight is 388 g/mol. The van der Waals surface area contributed by atoms with E-state index >= 15 is 0 Å². The number of nitrogens with zero attached hydrogens (tertiary/aromatic N) is 2. The van der Waals surface area contributed by atoms with Gasteiger partial charge in [-0.25, -0.2) is 9.78 Å². The third-order valence-corrected chi connectivity index (χ3v) is 6.01. The summed E-state index contributed by atoms with van der Waals surface area (Å²) in [5.74, 6) is -0.712. The second-order valence-corrected chi connectivity index (χ2v) is 7.58. The molecule has 1 unspecified atom stereocenters. The number of cyclic esters (lactones) is 1. The van der Waals surface area contributed by atoms with Crippen LogP contribution in [0.5, 0.6) is 0 Å². The van der Waals surface area contributed by atoms with Crippen LogP contribution in [0.15, 0.2) is 47.8 Å². The monoisotopic (exact) mass is 388 g/mol. The Bertz CT molecular complexity index is 1270. The number of ether oxygens (including phenoxy) is 1. The molecule has 6 heteroatoms. The molecule has 2 aliphatic heterocycles. The number of carbonyl (C=O) groups is 1. The third kappa shape index (κ3) is 2.36. The minimum atomic E-state index is -1.81. The zero-order valence-corrected chi connectivity index (χ0v) is 16.1. The number of hydrogen-bond donors (Lipinski definition) is 1. The second-order valence-electron chi connectivity index (χ2n) is 7.58. The van der Waals surface area contributed by atoms with E-state index in [0.29, 0.717) is 29.1 Å². The standard InChI is InChI=1S/C23H20N2O4/c1-3-6-13-7-5-8-18-15(13)9-14-11-25-19(20(14)24-18)10-17-16(21(25)26)12-29-22(27)23(17,28)4-2/h3,5,7-10,28H,1,4,6,11-12H2,2H3. The molecule has 5 rings (SSSR count). The van der Waals surface area contributed by atoms with Crippen LogP contribution in [-0.2, 0) is 34.7 Å². The van der Waals surface area contributed by atoms with Crippen molar-refractivity contribution in [2.75, 3.05) is 0 Å². The van der Waals surface area contributed by atoms with E-state index in [9.17, 15) is 14.7 Å². The van der Waals surface area contributed by atoms with Gasteiger partial charge in [-0.2, -0.15) is 0 Å². The third-order valence-electron chi connectivity index (χ3n) is 6.01. The number of allylic oxidation sites excluding steroid dienone is 1. The lowest BCUT2D eigenvalue weighted by Crippen LogP contribution is -2.44. The van der Waals surface area contributed by atoms with E-state index in [4.69, 9.17) is 9.72 Å². The van der Waals surface area contributed by atoms with Crippen molar-refractivity contribution in [3.8, 4) is 11.4 Å². The average Bonchev–Trinajstić information content (AvgIpc) is 3.08. The highest BCUT2D eigenvalue weighted by atomic mass is 16.6. The zero-order valence-electron chi connectivity index (χ0n) is 16.1. The molecule has 0 radical (unpaired) electrons. The largest absolute Gasteiger partial charge is 0.458 e. The summed E-state index contributed by atoms with van der Waals surface area (Å²) in [4.78, 5) is 30.2. The van der Waals surface area contributed by atoms with Gasteiger partial charge in [0.2, 0.25) is 0 Å². The summed E-state index contributed by atoms with van der Waals surface area (Å²) >= 11 is 0. The van der Waals surface area contributed by atoms with Crippen molar-refractivity contribution >= 4 is 16.9 Å². The molecule has 3 aromatic rings. The van der Waals surface area contributed by atoms with Crippen LogP contribution in [0.25, 0.3) is 22.3 Å². The van der Waals surface area contributed by atoms with E-state index in [1.165, 1.54) is 0 Å². The van der Waals surface area contributed by atoms with Gasteiger partial charge in [-0.3, -0.25) is 4.79 Å².